The summed E-state index contributed by atoms with van der Waals surface area (Å²) < 4.78 is 32.2. The summed E-state index contributed by atoms with van der Waals surface area (Å²) in [4.78, 5) is 22.9. The van der Waals surface area contributed by atoms with Gasteiger partial charge in [0.05, 0.1) is 0 Å². The first kappa shape index (κ1) is 17.0. The molecule has 2 aliphatic carbocycles. The third-order valence-corrected chi connectivity index (χ3v) is 4.56. The highest BCUT2D eigenvalue weighted by Crippen LogP contribution is 2.67. The van der Waals surface area contributed by atoms with Gasteiger partial charge in [0.15, 0.2) is 0 Å². The number of carbonyl (C=O) groups excluding carboxylic acids is 1. The van der Waals surface area contributed by atoms with E-state index in [0.29, 0.717) is 25.7 Å². The zero-order chi connectivity index (χ0) is 16.8. The minimum Gasteiger partial charge on any atom is -0.481 e. The van der Waals surface area contributed by atoms with Crippen molar-refractivity contribution >= 4 is 12.1 Å². The number of alkyl halides is 2. The van der Waals surface area contributed by atoms with E-state index in [1.807, 2.05) is 0 Å². The molecule has 7 heteroatoms. The van der Waals surface area contributed by atoms with Crippen molar-refractivity contribution in [3.8, 4) is 0 Å². The number of carboxylic acid groups (broad SMARTS) is 1. The molecule has 1 atom stereocenters. The molecule has 0 saturated heterocycles. The maximum absolute atomic E-state index is 13.5. The smallest absolute Gasteiger partial charge is 0.407 e. The Balaban J connectivity index is 1.86. The molecular formula is C15H23F2NO4. The third-order valence-electron chi connectivity index (χ3n) is 4.56. The van der Waals surface area contributed by atoms with Crippen LogP contribution in [0.25, 0.3) is 0 Å². The van der Waals surface area contributed by atoms with Gasteiger partial charge in [-0.25, -0.2) is 13.6 Å². The highest BCUT2D eigenvalue weighted by atomic mass is 19.3. The van der Waals surface area contributed by atoms with Crippen LogP contribution in [0.4, 0.5) is 13.6 Å². The van der Waals surface area contributed by atoms with Crippen LogP contribution in [0.3, 0.4) is 0 Å². The SMILES string of the molecule is CC(C)(C)OC(=O)NC1CCC(C2(C(=O)O)CC2(F)F)CC1. The Morgan fingerprint density at radius 2 is 1.68 bits per heavy atom. The molecule has 126 valence electrons. The maximum atomic E-state index is 13.5. The summed E-state index contributed by atoms with van der Waals surface area (Å²) in [5.74, 6) is -5.03. The van der Waals surface area contributed by atoms with Gasteiger partial charge in [0.2, 0.25) is 0 Å². The summed E-state index contributed by atoms with van der Waals surface area (Å²) in [6.07, 6.45) is 0.652. The molecule has 0 heterocycles. The lowest BCUT2D eigenvalue weighted by Gasteiger charge is -2.33. The van der Waals surface area contributed by atoms with Gasteiger partial charge in [-0.15, -0.1) is 0 Å². The summed E-state index contributed by atoms with van der Waals surface area (Å²) in [6.45, 7) is 5.28. The first-order valence-corrected chi connectivity index (χ1v) is 7.59. The molecule has 1 amide bonds. The Morgan fingerprint density at radius 3 is 2.05 bits per heavy atom. The summed E-state index contributed by atoms with van der Waals surface area (Å²) in [5.41, 5.74) is -2.48. The van der Waals surface area contributed by atoms with Crippen molar-refractivity contribution < 1.29 is 28.2 Å². The number of hydrogen-bond acceptors (Lipinski definition) is 3. The lowest BCUT2D eigenvalue weighted by Crippen LogP contribution is -2.43. The molecule has 0 aliphatic heterocycles. The van der Waals surface area contributed by atoms with E-state index in [-0.39, 0.29) is 6.04 Å². The first-order chi connectivity index (χ1) is 9.98. The van der Waals surface area contributed by atoms with E-state index >= 15 is 0 Å². The molecule has 0 bridgehead atoms. The van der Waals surface area contributed by atoms with Crippen LogP contribution in [0.1, 0.15) is 52.9 Å². The van der Waals surface area contributed by atoms with Gasteiger partial charge in [-0.05, 0) is 52.4 Å². The molecule has 0 aromatic heterocycles. The van der Waals surface area contributed by atoms with Gasteiger partial charge in [-0.2, -0.15) is 0 Å². The van der Waals surface area contributed by atoms with Crippen LogP contribution in [0.5, 0.6) is 0 Å². The minimum atomic E-state index is -3.10. The highest BCUT2D eigenvalue weighted by molar-refractivity contribution is 5.81. The Labute approximate surface area is 128 Å². The molecule has 1 unspecified atom stereocenters. The second-order valence-electron chi connectivity index (χ2n) is 7.35. The van der Waals surface area contributed by atoms with E-state index in [0.717, 1.165) is 0 Å². The average molecular weight is 319 g/mol. The zero-order valence-corrected chi connectivity index (χ0v) is 13.1. The van der Waals surface area contributed by atoms with Crippen molar-refractivity contribution in [1.29, 1.82) is 0 Å². The average Bonchev–Trinajstić information content (AvgIpc) is 2.92. The quantitative estimate of drug-likeness (QED) is 0.838. The molecular weight excluding hydrogens is 296 g/mol. The van der Waals surface area contributed by atoms with Crippen molar-refractivity contribution in [2.45, 2.75) is 70.4 Å². The van der Waals surface area contributed by atoms with E-state index in [2.05, 4.69) is 5.32 Å². The van der Waals surface area contributed by atoms with Gasteiger partial charge in [-0.3, -0.25) is 4.79 Å². The van der Waals surface area contributed by atoms with Crippen LogP contribution in [-0.4, -0.2) is 34.7 Å². The molecule has 5 nitrogen and oxygen atoms in total. The van der Waals surface area contributed by atoms with Crippen LogP contribution in [-0.2, 0) is 9.53 Å². The summed E-state index contributed by atoms with van der Waals surface area (Å²) in [5, 5.41) is 11.9. The van der Waals surface area contributed by atoms with Crippen molar-refractivity contribution in [2.75, 3.05) is 0 Å². The van der Waals surface area contributed by atoms with E-state index in [1.165, 1.54) is 0 Å². The number of alkyl carbamates (subject to hydrolysis) is 1. The van der Waals surface area contributed by atoms with E-state index in [1.54, 1.807) is 20.8 Å². The van der Waals surface area contributed by atoms with Crippen molar-refractivity contribution in [2.24, 2.45) is 11.3 Å². The number of nitrogens with one attached hydrogen (secondary N) is 1. The lowest BCUT2D eigenvalue weighted by atomic mass is 9.75. The molecule has 0 spiro atoms. The van der Waals surface area contributed by atoms with Gasteiger partial charge in [-0.1, -0.05) is 0 Å². The van der Waals surface area contributed by atoms with E-state index in [4.69, 9.17) is 9.84 Å². The predicted molar refractivity (Wildman–Crippen MR) is 74.7 cm³/mol. The van der Waals surface area contributed by atoms with Gasteiger partial charge in [0, 0.05) is 12.5 Å². The van der Waals surface area contributed by atoms with Crippen molar-refractivity contribution in [1.82, 2.24) is 5.32 Å². The fourth-order valence-electron chi connectivity index (χ4n) is 3.36. The number of amides is 1. The number of carboxylic acids is 1. The van der Waals surface area contributed by atoms with Crippen molar-refractivity contribution in [3.05, 3.63) is 0 Å². The lowest BCUT2D eigenvalue weighted by molar-refractivity contribution is -0.151. The fraction of sp³-hybridized carbons (Fsp3) is 0.867. The summed E-state index contributed by atoms with van der Waals surface area (Å²) in [7, 11) is 0. The van der Waals surface area contributed by atoms with Gasteiger partial charge >= 0.3 is 12.1 Å². The van der Waals surface area contributed by atoms with Crippen LogP contribution in [0.15, 0.2) is 0 Å². The predicted octanol–water partition coefficient (Wildman–Crippen LogP) is 3.18. The zero-order valence-electron chi connectivity index (χ0n) is 13.1. The van der Waals surface area contributed by atoms with E-state index in [9.17, 15) is 18.4 Å². The molecule has 0 radical (unpaired) electrons. The standard InChI is InChI=1S/C15H23F2NO4/c1-13(2,3)22-12(21)18-10-6-4-9(5-7-10)14(11(19)20)8-15(14,16)17/h9-10H,4-8H2,1-3H3,(H,18,21)(H,19,20). The largest absolute Gasteiger partial charge is 0.481 e. The van der Waals surface area contributed by atoms with E-state index < -0.39 is 41.3 Å². The first-order valence-electron chi connectivity index (χ1n) is 7.59. The Kier molecular flexibility index (Phi) is 4.13. The number of halogens is 2. The Hall–Kier alpha value is -1.40. The minimum absolute atomic E-state index is 0.149. The Bertz CT molecular complexity index is 467. The van der Waals surface area contributed by atoms with Gasteiger partial charge in [0.25, 0.3) is 5.92 Å². The van der Waals surface area contributed by atoms with Gasteiger partial charge < -0.3 is 15.2 Å². The molecule has 2 N–H and O–H groups in total. The summed E-state index contributed by atoms with van der Waals surface area (Å²) in [6, 6.07) is -0.149. The second-order valence-corrected chi connectivity index (χ2v) is 7.35. The van der Waals surface area contributed by atoms with Crippen LogP contribution in [0.2, 0.25) is 0 Å². The maximum Gasteiger partial charge on any atom is 0.407 e. The number of rotatable bonds is 3. The molecule has 22 heavy (non-hydrogen) atoms. The Morgan fingerprint density at radius 1 is 1.18 bits per heavy atom. The summed E-state index contributed by atoms with van der Waals surface area (Å²) >= 11 is 0. The third kappa shape index (κ3) is 3.17. The van der Waals surface area contributed by atoms with Gasteiger partial charge in [0.1, 0.15) is 11.0 Å². The monoisotopic (exact) mass is 319 g/mol. The van der Waals surface area contributed by atoms with Crippen LogP contribution < -0.4 is 5.32 Å². The number of ether oxygens (including phenoxy) is 1. The number of hydrogen-bond donors (Lipinski definition) is 2. The normalized spacial score (nSPS) is 33.9. The number of aliphatic carboxylic acids is 1. The molecule has 0 aromatic carbocycles. The highest BCUT2D eigenvalue weighted by Gasteiger charge is 2.79. The van der Waals surface area contributed by atoms with Crippen molar-refractivity contribution in [3.63, 3.8) is 0 Å². The topological polar surface area (TPSA) is 75.6 Å². The fourth-order valence-corrected chi connectivity index (χ4v) is 3.36. The molecule has 2 aliphatic rings. The molecule has 2 fully saturated rings. The molecule has 2 rings (SSSR count). The second kappa shape index (κ2) is 5.35. The number of carbonyl (C=O) groups is 2. The molecule has 0 aromatic rings. The molecule has 2 saturated carbocycles. The van der Waals surface area contributed by atoms with Crippen LogP contribution >= 0.6 is 0 Å². The van der Waals surface area contributed by atoms with Crippen LogP contribution in [0, 0.1) is 11.3 Å².